The molecule has 1 aromatic carbocycles. The molecule has 14 heavy (non-hydrogen) atoms. The molecule has 0 bridgehead atoms. The summed E-state index contributed by atoms with van der Waals surface area (Å²) in [6.07, 6.45) is 0.289. The molecule has 0 heterocycles. The van der Waals surface area contributed by atoms with E-state index in [0.717, 1.165) is 6.07 Å². The summed E-state index contributed by atoms with van der Waals surface area (Å²) in [6.45, 7) is 2.79. The molecule has 0 aliphatic heterocycles. The number of carbonyl (C=O) groups excluding carboxylic acids is 1. The lowest BCUT2D eigenvalue weighted by atomic mass is 10.0. The van der Waals surface area contributed by atoms with Crippen molar-refractivity contribution in [3.05, 3.63) is 38.7 Å². The topological polar surface area (TPSA) is 60.2 Å². The van der Waals surface area contributed by atoms with Gasteiger partial charge in [-0.05, 0) is 19.9 Å². The zero-order chi connectivity index (χ0) is 10.9. The lowest BCUT2D eigenvalue weighted by Gasteiger charge is -2.04. The number of benzene rings is 1. The van der Waals surface area contributed by atoms with E-state index in [1.807, 2.05) is 0 Å². The summed E-state index contributed by atoms with van der Waals surface area (Å²) in [5, 5.41) is 10.6. The van der Waals surface area contributed by atoms with Gasteiger partial charge in [0.25, 0.3) is 5.69 Å². The third-order valence-electron chi connectivity index (χ3n) is 2.03. The number of nitrogens with zero attached hydrogens (tertiary/aromatic N) is 1. The summed E-state index contributed by atoms with van der Waals surface area (Å²) >= 11 is 0. The van der Waals surface area contributed by atoms with Crippen molar-refractivity contribution in [2.45, 2.75) is 13.8 Å². The number of nitro groups is 1. The summed E-state index contributed by atoms with van der Waals surface area (Å²) in [4.78, 5) is 20.4. The third kappa shape index (κ3) is 1.48. The maximum atomic E-state index is 13.1. The Labute approximate surface area is 79.5 Å². The van der Waals surface area contributed by atoms with Gasteiger partial charge >= 0.3 is 0 Å². The van der Waals surface area contributed by atoms with Gasteiger partial charge in [-0.3, -0.25) is 14.9 Å². The molecule has 5 heteroatoms. The zero-order valence-electron chi connectivity index (χ0n) is 7.70. The molecule has 0 saturated carbocycles. The molecule has 0 N–H and O–H groups in total. The predicted octanol–water partition coefficient (Wildman–Crippen LogP) is 2.16. The second-order valence-electron chi connectivity index (χ2n) is 2.94. The molecular formula is C9H8FNO3. The molecule has 0 saturated heterocycles. The fourth-order valence-corrected chi connectivity index (χ4v) is 1.36. The SMILES string of the molecule is Cc1cc(F)c(C=O)c(C)c1[N+](=O)[O-]. The Kier molecular flexibility index (Phi) is 2.60. The first-order valence-electron chi connectivity index (χ1n) is 3.88. The number of hydrogen-bond acceptors (Lipinski definition) is 3. The van der Waals surface area contributed by atoms with Gasteiger partial charge in [-0.25, -0.2) is 4.39 Å². The fourth-order valence-electron chi connectivity index (χ4n) is 1.36. The first-order valence-corrected chi connectivity index (χ1v) is 3.88. The van der Waals surface area contributed by atoms with Crippen LogP contribution in [0, 0.1) is 29.8 Å². The van der Waals surface area contributed by atoms with E-state index in [0.29, 0.717) is 0 Å². The Bertz CT molecular complexity index is 415. The standard InChI is InChI=1S/C9H8FNO3/c1-5-3-8(10)7(4-12)6(2)9(5)11(13)14/h3-4H,1-2H3. The minimum atomic E-state index is -0.722. The van der Waals surface area contributed by atoms with E-state index in [4.69, 9.17) is 0 Å². The molecule has 0 radical (unpaired) electrons. The maximum Gasteiger partial charge on any atom is 0.276 e. The van der Waals surface area contributed by atoms with E-state index in [1.54, 1.807) is 0 Å². The van der Waals surface area contributed by atoms with Crippen molar-refractivity contribution in [3.63, 3.8) is 0 Å². The van der Waals surface area contributed by atoms with E-state index < -0.39 is 10.7 Å². The number of aldehydes is 1. The van der Waals surface area contributed by atoms with E-state index in [2.05, 4.69) is 0 Å². The quantitative estimate of drug-likeness (QED) is 0.414. The highest BCUT2D eigenvalue weighted by Crippen LogP contribution is 2.26. The van der Waals surface area contributed by atoms with E-state index in [1.165, 1.54) is 13.8 Å². The Morgan fingerprint density at radius 3 is 2.50 bits per heavy atom. The van der Waals surface area contributed by atoms with Crippen LogP contribution in [0.4, 0.5) is 10.1 Å². The van der Waals surface area contributed by atoms with Crippen molar-refractivity contribution >= 4 is 12.0 Å². The van der Waals surface area contributed by atoms with Crippen LogP contribution in [-0.4, -0.2) is 11.2 Å². The number of nitro benzene ring substituents is 1. The van der Waals surface area contributed by atoms with Gasteiger partial charge in [0.2, 0.25) is 0 Å². The molecule has 0 atom stereocenters. The highest BCUT2D eigenvalue weighted by Gasteiger charge is 2.20. The molecule has 0 amide bonds. The second kappa shape index (κ2) is 3.53. The van der Waals surface area contributed by atoms with Gasteiger partial charge in [0, 0.05) is 11.1 Å². The van der Waals surface area contributed by atoms with Crippen LogP contribution >= 0.6 is 0 Å². The van der Waals surface area contributed by atoms with Crippen molar-refractivity contribution in [2.75, 3.05) is 0 Å². The van der Waals surface area contributed by atoms with Crippen LogP contribution in [0.2, 0.25) is 0 Å². The van der Waals surface area contributed by atoms with Gasteiger partial charge in [-0.15, -0.1) is 0 Å². The number of carbonyl (C=O) groups is 1. The van der Waals surface area contributed by atoms with Crippen LogP contribution in [0.5, 0.6) is 0 Å². The van der Waals surface area contributed by atoms with Crippen molar-refractivity contribution in [3.8, 4) is 0 Å². The predicted molar refractivity (Wildman–Crippen MR) is 47.9 cm³/mol. The largest absolute Gasteiger partial charge is 0.298 e. The Hall–Kier alpha value is -1.78. The highest BCUT2D eigenvalue weighted by molar-refractivity contribution is 5.80. The van der Waals surface area contributed by atoms with Gasteiger partial charge in [0.1, 0.15) is 5.82 Å². The smallest absolute Gasteiger partial charge is 0.276 e. The molecule has 0 aliphatic carbocycles. The average molecular weight is 197 g/mol. The van der Waals surface area contributed by atoms with Crippen LogP contribution < -0.4 is 0 Å². The molecule has 1 aromatic rings. The molecule has 0 aliphatic rings. The fraction of sp³-hybridized carbons (Fsp3) is 0.222. The summed E-state index contributed by atoms with van der Waals surface area (Å²) in [5.41, 5.74) is -0.158. The van der Waals surface area contributed by atoms with E-state index in [-0.39, 0.29) is 28.7 Å². The number of hydrogen-bond donors (Lipinski definition) is 0. The minimum absolute atomic E-state index is 0.0718. The van der Waals surface area contributed by atoms with Crippen LogP contribution in [0.25, 0.3) is 0 Å². The zero-order valence-corrected chi connectivity index (χ0v) is 7.70. The monoisotopic (exact) mass is 197 g/mol. The van der Waals surface area contributed by atoms with E-state index in [9.17, 15) is 19.3 Å². The third-order valence-corrected chi connectivity index (χ3v) is 2.03. The molecule has 74 valence electrons. The Morgan fingerprint density at radius 2 is 2.07 bits per heavy atom. The molecule has 4 nitrogen and oxygen atoms in total. The van der Waals surface area contributed by atoms with Gasteiger partial charge in [0.15, 0.2) is 6.29 Å². The highest BCUT2D eigenvalue weighted by atomic mass is 19.1. The minimum Gasteiger partial charge on any atom is -0.298 e. The normalized spacial score (nSPS) is 9.93. The molecule has 0 fully saturated rings. The first kappa shape index (κ1) is 10.3. The van der Waals surface area contributed by atoms with Crippen LogP contribution in [0.3, 0.4) is 0 Å². The molecule has 0 spiro atoms. The Balaban J connectivity index is 3.60. The first-order chi connectivity index (χ1) is 6.49. The van der Waals surface area contributed by atoms with Gasteiger partial charge in [-0.1, -0.05) is 0 Å². The summed E-state index contributed by atoms with van der Waals surface area (Å²) in [6, 6.07) is 0.995. The molecule has 1 rings (SSSR count). The van der Waals surface area contributed by atoms with Gasteiger partial charge in [-0.2, -0.15) is 0 Å². The molecular weight excluding hydrogens is 189 g/mol. The van der Waals surface area contributed by atoms with Crippen molar-refractivity contribution in [2.24, 2.45) is 0 Å². The maximum absolute atomic E-state index is 13.1. The Morgan fingerprint density at radius 1 is 1.50 bits per heavy atom. The van der Waals surface area contributed by atoms with Crippen molar-refractivity contribution in [1.29, 1.82) is 0 Å². The lowest BCUT2D eigenvalue weighted by Crippen LogP contribution is -2.01. The van der Waals surface area contributed by atoms with E-state index >= 15 is 0 Å². The average Bonchev–Trinajstić information content (AvgIpc) is 2.02. The van der Waals surface area contributed by atoms with Crippen LogP contribution in [0.15, 0.2) is 6.07 Å². The summed E-state index contributed by atoms with van der Waals surface area (Å²) in [5.74, 6) is -0.722. The molecule has 0 unspecified atom stereocenters. The second-order valence-corrected chi connectivity index (χ2v) is 2.94. The molecule has 0 aromatic heterocycles. The summed E-state index contributed by atoms with van der Waals surface area (Å²) < 4.78 is 13.1. The number of aryl methyl sites for hydroxylation is 1. The lowest BCUT2D eigenvalue weighted by molar-refractivity contribution is -0.386. The van der Waals surface area contributed by atoms with Crippen LogP contribution in [0.1, 0.15) is 21.5 Å². The van der Waals surface area contributed by atoms with Crippen LogP contribution in [-0.2, 0) is 0 Å². The van der Waals surface area contributed by atoms with Gasteiger partial charge < -0.3 is 0 Å². The summed E-state index contributed by atoms with van der Waals surface area (Å²) in [7, 11) is 0. The van der Waals surface area contributed by atoms with Gasteiger partial charge in [0.05, 0.1) is 10.5 Å². The van der Waals surface area contributed by atoms with Crippen molar-refractivity contribution in [1.82, 2.24) is 0 Å². The number of halogens is 1. The number of rotatable bonds is 2. The van der Waals surface area contributed by atoms with Crippen molar-refractivity contribution < 1.29 is 14.1 Å².